The number of para-hydroxylation sites is 1. The summed E-state index contributed by atoms with van der Waals surface area (Å²) in [7, 11) is 1.30. The first-order valence-corrected chi connectivity index (χ1v) is 10.4. The van der Waals surface area contributed by atoms with E-state index < -0.39 is 23.2 Å². The van der Waals surface area contributed by atoms with E-state index in [1.165, 1.54) is 7.11 Å². The van der Waals surface area contributed by atoms with Crippen molar-refractivity contribution in [1.82, 2.24) is 20.5 Å². The van der Waals surface area contributed by atoms with Crippen LogP contribution in [-0.4, -0.2) is 50.6 Å². The highest BCUT2D eigenvalue weighted by molar-refractivity contribution is 5.90. The summed E-state index contributed by atoms with van der Waals surface area (Å²) >= 11 is 0. The van der Waals surface area contributed by atoms with Crippen LogP contribution in [0.1, 0.15) is 38.4 Å². The Kier molecular flexibility index (Phi) is 5.28. The molecule has 9 nitrogen and oxygen atoms in total. The first-order chi connectivity index (χ1) is 15.1. The number of methoxy groups -OCH3 is 1. The number of aromatic amines is 1. The summed E-state index contributed by atoms with van der Waals surface area (Å²) in [5, 5.41) is 22.3. The fraction of sp³-hybridized carbons (Fsp3) is 0.391. The molecule has 1 aliphatic carbocycles. The van der Waals surface area contributed by atoms with Gasteiger partial charge >= 0.3 is 12.1 Å². The van der Waals surface area contributed by atoms with Crippen LogP contribution in [0.5, 0.6) is 5.75 Å². The van der Waals surface area contributed by atoms with Crippen LogP contribution in [0.3, 0.4) is 0 Å². The lowest BCUT2D eigenvalue weighted by Crippen LogP contribution is -2.59. The summed E-state index contributed by atoms with van der Waals surface area (Å²) < 4.78 is 10.4. The van der Waals surface area contributed by atoms with Gasteiger partial charge in [-0.25, -0.2) is 9.59 Å². The van der Waals surface area contributed by atoms with Crippen LogP contribution < -0.4 is 5.32 Å². The number of fused-ring (bicyclic) bond motifs is 3. The number of aryl methyl sites for hydroxylation is 1. The number of hydrogen-bond donors (Lipinski definition) is 3. The zero-order valence-electron chi connectivity index (χ0n) is 18.5. The summed E-state index contributed by atoms with van der Waals surface area (Å²) in [6.45, 7) is 5.28. The molecule has 2 aromatic heterocycles. The second kappa shape index (κ2) is 7.81. The highest BCUT2D eigenvalue weighted by Crippen LogP contribution is 2.36. The Morgan fingerprint density at radius 1 is 1.22 bits per heavy atom. The molecule has 2 heterocycles. The lowest BCUT2D eigenvalue weighted by Gasteiger charge is -2.35. The molecular formula is C23H26N4O5. The van der Waals surface area contributed by atoms with Gasteiger partial charge in [-0.15, -0.1) is 10.2 Å². The van der Waals surface area contributed by atoms with Crippen molar-refractivity contribution in [3.8, 4) is 17.0 Å². The number of phenols is 1. The number of aromatic hydroxyl groups is 1. The van der Waals surface area contributed by atoms with E-state index in [4.69, 9.17) is 9.47 Å². The first kappa shape index (κ1) is 21.6. The maximum atomic E-state index is 12.8. The van der Waals surface area contributed by atoms with E-state index in [2.05, 4.69) is 20.5 Å². The number of phenolic OH excluding ortho intramolecular Hbond substituents is 1. The van der Waals surface area contributed by atoms with Crippen molar-refractivity contribution < 1.29 is 24.2 Å². The Morgan fingerprint density at radius 2 is 1.97 bits per heavy atom. The summed E-state index contributed by atoms with van der Waals surface area (Å²) in [4.78, 5) is 28.6. The zero-order chi connectivity index (χ0) is 23.1. The highest BCUT2D eigenvalue weighted by atomic mass is 16.6. The quantitative estimate of drug-likeness (QED) is 0.536. The third kappa shape index (κ3) is 3.98. The van der Waals surface area contributed by atoms with Crippen molar-refractivity contribution >= 4 is 23.1 Å². The topological polar surface area (TPSA) is 126 Å². The molecule has 0 saturated heterocycles. The van der Waals surface area contributed by atoms with Gasteiger partial charge in [0, 0.05) is 23.1 Å². The minimum atomic E-state index is -1.27. The van der Waals surface area contributed by atoms with Crippen molar-refractivity contribution in [2.24, 2.45) is 0 Å². The molecule has 4 rings (SSSR count). The summed E-state index contributed by atoms with van der Waals surface area (Å²) in [6.07, 6.45) is 0.377. The van der Waals surface area contributed by atoms with Gasteiger partial charge in [-0.2, -0.15) is 0 Å². The molecule has 1 aromatic carbocycles. The number of rotatable bonds is 3. The van der Waals surface area contributed by atoms with Crippen molar-refractivity contribution in [1.29, 1.82) is 0 Å². The normalized spacial score (nSPS) is 18.1. The Hall–Kier alpha value is -3.62. The van der Waals surface area contributed by atoms with Gasteiger partial charge in [0.2, 0.25) is 0 Å². The van der Waals surface area contributed by atoms with E-state index in [-0.39, 0.29) is 12.2 Å². The molecule has 0 saturated carbocycles. The van der Waals surface area contributed by atoms with Gasteiger partial charge in [0.1, 0.15) is 16.9 Å². The first-order valence-electron chi connectivity index (χ1n) is 10.4. The second-order valence-corrected chi connectivity index (χ2v) is 8.97. The molecule has 3 N–H and O–H groups in total. The van der Waals surface area contributed by atoms with Crippen LogP contribution in [0.25, 0.3) is 22.3 Å². The number of hydrogen-bond acceptors (Lipinski definition) is 7. The Labute approximate surface area is 185 Å². The average molecular weight is 438 g/mol. The number of amides is 1. The zero-order valence-corrected chi connectivity index (χ0v) is 18.5. The number of esters is 1. The smallest absolute Gasteiger partial charge is 0.408 e. The molecule has 0 bridgehead atoms. The fourth-order valence-electron chi connectivity index (χ4n) is 4.09. The third-order valence-electron chi connectivity index (χ3n) is 5.53. The number of carbonyl (C=O) groups excluding carboxylic acids is 2. The molecule has 0 radical (unpaired) electrons. The summed E-state index contributed by atoms with van der Waals surface area (Å²) in [5.74, 6) is -0.438. The highest BCUT2D eigenvalue weighted by Gasteiger charge is 2.46. The number of nitrogens with one attached hydrogen (secondary N) is 2. The maximum Gasteiger partial charge on any atom is 0.408 e. The average Bonchev–Trinajstić information content (AvgIpc) is 3.09. The molecule has 32 heavy (non-hydrogen) atoms. The lowest BCUT2D eigenvalue weighted by atomic mass is 9.79. The fourth-order valence-corrected chi connectivity index (χ4v) is 4.09. The molecule has 1 aliphatic rings. The van der Waals surface area contributed by atoms with Gasteiger partial charge in [0.15, 0.2) is 5.65 Å². The number of benzene rings is 1. The molecular weight excluding hydrogens is 412 g/mol. The SMILES string of the molecule is COC(=O)C1(NC(=O)OC(C)(C)C)CCc2[nH]c3nnc(-c4ccccc4O)cc3c2C1. The monoisotopic (exact) mass is 438 g/mol. The van der Waals surface area contributed by atoms with Crippen molar-refractivity contribution in [3.05, 3.63) is 41.6 Å². The largest absolute Gasteiger partial charge is 0.507 e. The van der Waals surface area contributed by atoms with Crippen molar-refractivity contribution in [3.63, 3.8) is 0 Å². The van der Waals surface area contributed by atoms with E-state index in [1.807, 2.05) is 6.07 Å². The molecule has 1 amide bonds. The summed E-state index contributed by atoms with van der Waals surface area (Å²) in [6, 6.07) is 8.71. The van der Waals surface area contributed by atoms with Gasteiger partial charge in [0.05, 0.1) is 12.8 Å². The van der Waals surface area contributed by atoms with E-state index in [9.17, 15) is 14.7 Å². The van der Waals surface area contributed by atoms with E-state index in [0.717, 1.165) is 16.6 Å². The van der Waals surface area contributed by atoms with Crippen LogP contribution >= 0.6 is 0 Å². The molecule has 168 valence electrons. The number of alkyl carbamates (subject to hydrolysis) is 1. The summed E-state index contributed by atoms with van der Waals surface area (Å²) in [5.41, 5.74) is 1.44. The number of H-pyrrole nitrogens is 1. The third-order valence-corrected chi connectivity index (χ3v) is 5.53. The van der Waals surface area contributed by atoms with Crippen LogP contribution in [0.2, 0.25) is 0 Å². The molecule has 0 fully saturated rings. The van der Waals surface area contributed by atoms with Gasteiger partial charge in [-0.05, 0) is 57.4 Å². The van der Waals surface area contributed by atoms with Gasteiger partial charge < -0.3 is 24.9 Å². The number of aromatic nitrogens is 3. The number of nitrogens with zero attached hydrogens (tertiary/aromatic N) is 2. The van der Waals surface area contributed by atoms with E-state index in [1.54, 1.807) is 45.0 Å². The van der Waals surface area contributed by atoms with Crippen LogP contribution in [-0.2, 0) is 27.1 Å². The van der Waals surface area contributed by atoms with Gasteiger partial charge in [0.25, 0.3) is 0 Å². The molecule has 0 spiro atoms. The number of ether oxygens (including phenoxy) is 2. The predicted octanol–water partition coefficient (Wildman–Crippen LogP) is 3.26. The predicted molar refractivity (Wildman–Crippen MR) is 117 cm³/mol. The minimum Gasteiger partial charge on any atom is -0.507 e. The maximum absolute atomic E-state index is 12.8. The molecule has 0 aliphatic heterocycles. The molecule has 3 aromatic rings. The second-order valence-electron chi connectivity index (χ2n) is 8.97. The van der Waals surface area contributed by atoms with E-state index in [0.29, 0.717) is 29.7 Å². The van der Waals surface area contributed by atoms with Crippen LogP contribution in [0.4, 0.5) is 4.79 Å². The molecule has 9 heteroatoms. The molecule has 1 atom stereocenters. The minimum absolute atomic E-state index is 0.0982. The van der Waals surface area contributed by atoms with Crippen LogP contribution in [0, 0.1) is 0 Å². The van der Waals surface area contributed by atoms with E-state index >= 15 is 0 Å². The lowest BCUT2D eigenvalue weighted by molar-refractivity contribution is -0.149. The van der Waals surface area contributed by atoms with Gasteiger partial charge in [-0.3, -0.25) is 0 Å². The van der Waals surface area contributed by atoms with Crippen molar-refractivity contribution in [2.45, 2.75) is 51.2 Å². The Morgan fingerprint density at radius 3 is 2.66 bits per heavy atom. The van der Waals surface area contributed by atoms with Crippen LogP contribution in [0.15, 0.2) is 30.3 Å². The Bertz CT molecular complexity index is 1200. The number of carbonyl (C=O) groups is 2. The Balaban J connectivity index is 1.75. The van der Waals surface area contributed by atoms with Gasteiger partial charge in [-0.1, -0.05) is 12.1 Å². The molecule has 1 unspecified atom stereocenters. The van der Waals surface area contributed by atoms with Crippen molar-refractivity contribution in [2.75, 3.05) is 7.11 Å². The standard InChI is InChI=1S/C23H26N4O5/c1-22(2,3)32-21(30)25-23(20(29)31-4)10-9-16-15(12-23)14-11-17(26-27-19(14)24-16)13-7-5-6-8-18(13)28/h5-8,11,28H,9-10,12H2,1-4H3,(H,24,27)(H,25,30).